The van der Waals surface area contributed by atoms with Crippen LogP contribution in [-0.2, 0) is 6.54 Å². The highest BCUT2D eigenvalue weighted by Gasteiger charge is 2.20. The molecule has 1 aliphatic rings. The number of nitrogens with zero attached hydrogens (tertiary/aromatic N) is 3. The second-order valence-electron chi connectivity index (χ2n) is 5.96. The molecule has 4 heteroatoms. The lowest BCUT2D eigenvalue weighted by Crippen LogP contribution is -2.37. The molecule has 1 fully saturated rings. The van der Waals surface area contributed by atoms with Crippen LogP contribution in [0.4, 0.5) is 5.82 Å². The summed E-state index contributed by atoms with van der Waals surface area (Å²) in [6, 6.07) is 6.37. The minimum atomic E-state index is 0.839. The molecule has 1 aromatic heterocycles. The fourth-order valence-corrected chi connectivity index (χ4v) is 2.86. The first kappa shape index (κ1) is 15.3. The zero-order chi connectivity index (χ0) is 14.4. The van der Waals surface area contributed by atoms with Gasteiger partial charge in [0.25, 0.3) is 0 Å². The number of pyridine rings is 1. The molecule has 0 saturated carbocycles. The number of piperidine rings is 1. The topological polar surface area (TPSA) is 31.4 Å². The fraction of sp³-hybridized carbons (Fsp3) is 0.688. The highest BCUT2D eigenvalue weighted by Crippen LogP contribution is 2.22. The Labute approximate surface area is 123 Å². The summed E-state index contributed by atoms with van der Waals surface area (Å²) in [7, 11) is 4.33. The van der Waals surface area contributed by atoms with Crippen LogP contribution in [0.2, 0.25) is 0 Å². The third kappa shape index (κ3) is 4.46. The van der Waals surface area contributed by atoms with Gasteiger partial charge in [-0.15, -0.1) is 0 Å². The zero-order valence-corrected chi connectivity index (χ0v) is 13.1. The van der Waals surface area contributed by atoms with E-state index in [1.165, 1.54) is 19.4 Å². The number of nitrogens with one attached hydrogen (secondary N) is 1. The maximum Gasteiger partial charge on any atom is 0.128 e. The van der Waals surface area contributed by atoms with E-state index < -0.39 is 0 Å². The van der Waals surface area contributed by atoms with Crippen LogP contribution in [-0.4, -0.2) is 50.2 Å². The SMILES string of the molecule is CCNCc1cccc(N2CCC(CN(C)C)CC2)n1. The Morgan fingerprint density at radius 3 is 2.70 bits per heavy atom. The first-order chi connectivity index (χ1) is 9.69. The molecule has 0 amide bonds. The van der Waals surface area contributed by atoms with E-state index in [0.29, 0.717) is 0 Å². The summed E-state index contributed by atoms with van der Waals surface area (Å²) in [5.41, 5.74) is 1.14. The van der Waals surface area contributed by atoms with Crippen LogP contribution in [0.25, 0.3) is 0 Å². The summed E-state index contributed by atoms with van der Waals surface area (Å²) in [6.45, 7) is 7.46. The van der Waals surface area contributed by atoms with Crippen LogP contribution >= 0.6 is 0 Å². The van der Waals surface area contributed by atoms with E-state index in [-0.39, 0.29) is 0 Å². The Morgan fingerprint density at radius 1 is 1.30 bits per heavy atom. The molecule has 1 saturated heterocycles. The van der Waals surface area contributed by atoms with Crippen molar-refractivity contribution in [2.45, 2.75) is 26.3 Å². The lowest BCUT2D eigenvalue weighted by Gasteiger charge is -2.34. The van der Waals surface area contributed by atoms with E-state index in [1.807, 2.05) is 0 Å². The smallest absolute Gasteiger partial charge is 0.128 e. The summed E-state index contributed by atoms with van der Waals surface area (Å²) in [5.74, 6) is 1.98. The average molecular weight is 276 g/mol. The van der Waals surface area contributed by atoms with Crippen molar-refractivity contribution in [3.63, 3.8) is 0 Å². The largest absolute Gasteiger partial charge is 0.357 e. The Morgan fingerprint density at radius 2 is 2.05 bits per heavy atom. The Hall–Kier alpha value is -1.13. The average Bonchev–Trinajstić information content (AvgIpc) is 2.45. The number of anilines is 1. The van der Waals surface area contributed by atoms with Crippen LogP contribution in [0.15, 0.2) is 18.2 Å². The van der Waals surface area contributed by atoms with Crippen molar-refractivity contribution >= 4 is 5.82 Å². The standard InChI is InChI=1S/C16H28N4/c1-4-17-12-15-6-5-7-16(18-15)20-10-8-14(9-11-20)13-19(2)3/h5-7,14,17H,4,8-13H2,1-3H3. The van der Waals surface area contributed by atoms with E-state index in [1.54, 1.807) is 0 Å². The van der Waals surface area contributed by atoms with Gasteiger partial charge in [-0.05, 0) is 51.5 Å². The van der Waals surface area contributed by atoms with Gasteiger partial charge in [0.15, 0.2) is 0 Å². The van der Waals surface area contributed by atoms with E-state index in [2.05, 4.69) is 54.3 Å². The molecule has 0 bridgehead atoms. The van der Waals surface area contributed by atoms with Gasteiger partial charge in [0.05, 0.1) is 5.69 Å². The molecule has 0 atom stereocenters. The minimum Gasteiger partial charge on any atom is -0.357 e. The maximum atomic E-state index is 4.77. The van der Waals surface area contributed by atoms with E-state index in [4.69, 9.17) is 4.98 Å². The van der Waals surface area contributed by atoms with Crippen molar-refractivity contribution in [3.8, 4) is 0 Å². The predicted octanol–water partition coefficient (Wildman–Crippen LogP) is 1.97. The van der Waals surface area contributed by atoms with Crippen molar-refractivity contribution in [2.24, 2.45) is 5.92 Å². The minimum absolute atomic E-state index is 0.839. The number of hydrogen-bond acceptors (Lipinski definition) is 4. The first-order valence-corrected chi connectivity index (χ1v) is 7.75. The van der Waals surface area contributed by atoms with E-state index in [0.717, 1.165) is 43.6 Å². The van der Waals surface area contributed by atoms with Crippen molar-refractivity contribution in [3.05, 3.63) is 23.9 Å². The van der Waals surface area contributed by atoms with Gasteiger partial charge in [0.2, 0.25) is 0 Å². The van der Waals surface area contributed by atoms with E-state index >= 15 is 0 Å². The van der Waals surface area contributed by atoms with Gasteiger partial charge in [-0.2, -0.15) is 0 Å². The molecule has 20 heavy (non-hydrogen) atoms. The van der Waals surface area contributed by atoms with Gasteiger partial charge in [-0.25, -0.2) is 4.98 Å². The molecule has 1 aromatic rings. The quantitative estimate of drug-likeness (QED) is 0.861. The summed E-state index contributed by atoms with van der Waals surface area (Å²) < 4.78 is 0. The second kappa shape index (κ2) is 7.60. The predicted molar refractivity (Wildman–Crippen MR) is 85.1 cm³/mol. The van der Waals surface area contributed by atoms with Gasteiger partial charge >= 0.3 is 0 Å². The lowest BCUT2D eigenvalue weighted by atomic mass is 9.96. The Balaban J connectivity index is 1.89. The monoisotopic (exact) mass is 276 g/mol. The fourth-order valence-electron chi connectivity index (χ4n) is 2.86. The normalized spacial score (nSPS) is 16.9. The molecule has 1 N–H and O–H groups in total. The molecule has 2 heterocycles. The van der Waals surface area contributed by atoms with Crippen LogP contribution < -0.4 is 10.2 Å². The molecular weight excluding hydrogens is 248 g/mol. The van der Waals surface area contributed by atoms with Crippen molar-refractivity contribution in [1.82, 2.24) is 15.2 Å². The molecule has 0 spiro atoms. The van der Waals surface area contributed by atoms with Gasteiger partial charge in [-0.1, -0.05) is 13.0 Å². The van der Waals surface area contributed by atoms with Crippen LogP contribution in [0.3, 0.4) is 0 Å². The van der Waals surface area contributed by atoms with Crippen LogP contribution in [0.5, 0.6) is 0 Å². The van der Waals surface area contributed by atoms with Crippen LogP contribution in [0.1, 0.15) is 25.5 Å². The molecule has 1 aliphatic heterocycles. The molecule has 112 valence electrons. The first-order valence-electron chi connectivity index (χ1n) is 7.75. The number of rotatable bonds is 6. The van der Waals surface area contributed by atoms with Crippen molar-refractivity contribution < 1.29 is 0 Å². The summed E-state index contributed by atoms with van der Waals surface area (Å²) in [6.07, 6.45) is 2.55. The van der Waals surface area contributed by atoms with Crippen molar-refractivity contribution in [2.75, 3.05) is 45.2 Å². The molecule has 0 radical (unpaired) electrons. The van der Waals surface area contributed by atoms with Gasteiger partial charge in [0, 0.05) is 26.2 Å². The molecule has 4 nitrogen and oxygen atoms in total. The molecule has 0 aliphatic carbocycles. The molecular formula is C16H28N4. The Kier molecular flexibility index (Phi) is 5.80. The van der Waals surface area contributed by atoms with Crippen molar-refractivity contribution in [1.29, 1.82) is 0 Å². The molecule has 0 aromatic carbocycles. The number of aromatic nitrogens is 1. The highest BCUT2D eigenvalue weighted by atomic mass is 15.2. The number of hydrogen-bond donors (Lipinski definition) is 1. The zero-order valence-electron chi connectivity index (χ0n) is 13.1. The van der Waals surface area contributed by atoms with E-state index in [9.17, 15) is 0 Å². The van der Waals surface area contributed by atoms with Gasteiger partial charge in [-0.3, -0.25) is 0 Å². The summed E-state index contributed by atoms with van der Waals surface area (Å²) >= 11 is 0. The third-order valence-corrected chi connectivity index (χ3v) is 3.91. The molecule has 2 rings (SSSR count). The highest BCUT2D eigenvalue weighted by molar-refractivity contribution is 5.39. The lowest BCUT2D eigenvalue weighted by molar-refractivity contribution is 0.284. The second-order valence-corrected chi connectivity index (χ2v) is 5.96. The van der Waals surface area contributed by atoms with Gasteiger partial charge in [0.1, 0.15) is 5.82 Å². The Bertz CT molecular complexity index is 397. The summed E-state index contributed by atoms with van der Waals surface area (Å²) in [5, 5.41) is 3.34. The third-order valence-electron chi connectivity index (χ3n) is 3.91. The van der Waals surface area contributed by atoms with Gasteiger partial charge < -0.3 is 15.1 Å². The van der Waals surface area contributed by atoms with Crippen LogP contribution in [0, 0.1) is 5.92 Å². The molecule has 0 unspecified atom stereocenters. The summed E-state index contributed by atoms with van der Waals surface area (Å²) in [4.78, 5) is 9.51. The maximum absolute atomic E-state index is 4.77.